The van der Waals surface area contributed by atoms with Crippen molar-refractivity contribution in [2.45, 2.75) is 19.4 Å². The number of carbonyl (C=O) groups excluding carboxylic acids is 1. The summed E-state index contributed by atoms with van der Waals surface area (Å²) in [6.45, 7) is 3.28. The number of para-hydroxylation sites is 1. The molecule has 3 aromatic rings. The average Bonchev–Trinajstić information content (AvgIpc) is 3.37. The Morgan fingerprint density at radius 1 is 1.19 bits per heavy atom. The van der Waals surface area contributed by atoms with Gasteiger partial charge in [0.2, 0.25) is 5.91 Å². The smallest absolute Gasteiger partial charge is 0.241 e. The van der Waals surface area contributed by atoms with Crippen LogP contribution in [0.15, 0.2) is 61.2 Å². The van der Waals surface area contributed by atoms with E-state index in [9.17, 15) is 4.79 Å². The minimum atomic E-state index is 0.136. The van der Waals surface area contributed by atoms with Crippen LogP contribution in [-0.2, 0) is 11.2 Å². The van der Waals surface area contributed by atoms with Crippen molar-refractivity contribution in [2.24, 2.45) is 0 Å². The summed E-state index contributed by atoms with van der Waals surface area (Å²) in [7, 11) is 2.00. The molecule has 2 heterocycles. The second kappa shape index (κ2) is 7.32. The number of likely N-dealkylation sites (N-methyl/N-ethyl adjacent to an activating group) is 1. The summed E-state index contributed by atoms with van der Waals surface area (Å²) in [5.74, 6) is 0.147. The lowest BCUT2D eigenvalue weighted by Gasteiger charge is -2.27. The van der Waals surface area contributed by atoms with E-state index >= 15 is 0 Å². The number of hydrogen-bond donors (Lipinski definition) is 0. The molecule has 0 radical (unpaired) electrons. The van der Waals surface area contributed by atoms with E-state index in [1.54, 1.807) is 11.0 Å². The third-order valence-corrected chi connectivity index (χ3v) is 5.29. The molecule has 1 aromatic heterocycles. The molecule has 0 aliphatic carbocycles. The van der Waals surface area contributed by atoms with Gasteiger partial charge >= 0.3 is 0 Å². The van der Waals surface area contributed by atoms with E-state index < -0.39 is 0 Å². The first-order chi connectivity index (χ1) is 13.1. The van der Waals surface area contributed by atoms with Crippen molar-refractivity contribution >= 4 is 11.6 Å². The Morgan fingerprint density at radius 2 is 1.96 bits per heavy atom. The van der Waals surface area contributed by atoms with Gasteiger partial charge in [0.05, 0.1) is 12.2 Å². The van der Waals surface area contributed by atoms with E-state index in [-0.39, 0.29) is 11.9 Å². The summed E-state index contributed by atoms with van der Waals surface area (Å²) in [6, 6.07) is 16.5. The Balaban J connectivity index is 1.42. The van der Waals surface area contributed by atoms with Crippen molar-refractivity contribution in [1.29, 1.82) is 0 Å². The third-order valence-electron chi connectivity index (χ3n) is 5.29. The van der Waals surface area contributed by atoms with E-state index in [1.165, 1.54) is 11.9 Å². The fourth-order valence-electron chi connectivity index (χ4n) is 3.53. The van der Waals surface area contributed by atoms with Crippen molar-refractivity contribution in [3.63, 3.8) is 0 Å². The summed E-state index contributed by atoms with van der Waals surface area (Å²) in [4.78, 5) is 20.8. The first-order valence-electron chi connectivity index (χ1n) is 9.17. The molecular formula is C21H23N5O. The predicted molar refractivity (Wildman–Crippen MR) is 105 cm³/mol. The van der Waals surface area contributed by atoms with Gasteiger partial charge in [-0.1, -0.05) is 30.3 Å². The SMILES string of the molecule is C[C@H](c1ccc(-n2cncn2)cc1)N(C)CC(=O)N1CCc2ccccc21. The van der Waals surface area contributed by atoms with Crippen LogP contribution in [0.4, 0.5) is 5.69 Å². The second-order valence-electron chi connectivity index (χ2n) is 6.95. The van der Waals surface area contributed by atoms with Crippen LogP contribution in [-0.4, -0.2) is 45.7 Å². The van der Waals surface area contributed by atoms with E-state index in [4.69, 9.17) is 0 Å². The van der Waals surface area contributed by atoms with Gasteiger partial charge in [-0.25, -0.2) is 9.67 Å². The van der Waals surface area contributed by atoms with Crippen LogP contribution in [0.25, 0.3) is 5.69 Å². The molecule has 4 rings (SSSR count). The first kappa shape index (κ1) is 17.4. The van der Waals surface area contributed by atoms with Gasteiger partial charge in [-0.2, -0.15) is 5.10 Å². The van der Waals surface area contributed by atoms with Crippen LogP contribution in [0.5, 0.6) is 0 Å². The highest BCUT2D eigenvalue weighted by atomic mass is 16.2. The molecule has 27 heavy (non-hydrogen) atoms. The zero-order valence-electron chi connectivity index (χ0n) is 15.6. The lowest BCUT2D eigenvalue weighted by atomic mass is 10.1. The molecule has 6 nitrogen and oxygen atoms in total. The highest BCUT2D eigenvalue weighted by Gasteiger charge is 2.26. The molecule has 1 atom stereocenters. The van der Waals surface area contributed by atoms with Crippen LogP contribution in [0.3, 0.4) is 0 Å². The maximum absolute atomic E-state index is 12.8. The summed E-state index contributed by atoms with van der Waals surface area (Å²) in [5.41, 5.74) is 4.44. The molecule has 6 heteroatoms. The maximum atomic E-state index is 12.8. The number of benzene rings is 2. The predicted octanol–water partition coefficient (Wildman–Crippen LogP) is 2.85. The van der Waals surface area contributed by atoms with Crippen molar-refractivity contribution in [1.82, 2.24) is 19.7 Å². The number of rotatable bonds is 5. The molecule has 138 valence electrons. The summed E-state index contributed by atoms with van der Waals surface area (Å²) >= 11 is 0. The molecule has 0 fully saturated rings. The Kier molecular flexibility index (Phi) is 4.73. The van der Waals surface area contributed by atoms with E-state index in [0.29, 0.717) is 6.54 Å². The first-order valence-corrected chi connectivity index (χ1v) is 9.17. The average molecular weight is 361 g/mol. The van der Waals surface area contributed by atoms with Gasteiger partial charge in [0.1, 0.15) is 12.7 Å². The molecule has 0 unspecified atom stereocenters. The topological polar surface area (TPSA) is 54.3 Å². The fourth-order valence-corrected chi connectivity index (χ4v) is 3.53. The Labute approximate surface area is 159 Å². The lowest BCUT2D eigenvalue weighted by molar-refractivity contribution is -0.119. The van der Waals surface area contributed by atoms with Gasteiger partial charge < -0.3 is 4.90 Å². The van der Waals surface area contributed by atoms with Crippen molar-refractivity contribution < 1.29 is 4.79 Å². The van der Waals surface area contributed by atoms with Crippen LogP contribution >= 0.6 is 0 Å². The van der Waals surface area contributed by atoms with Gasteiger partial charge in [0, 0.05) is 18.3 Å². The van der Waals surface area contributed by atoms with Crippen LogP contribution in [0, 0.1) is 0 Å². The number of nitrogens with zero attached hydrogens (tertiary/aromatic N) is 5. The maximum Gasteiger partial charge on any atom is 0.241 e. The Morgan fingerprint density at radius 3 is 2.70 bits per heavy atom. The number of hydrogen-bond acceptors (Lipinski definition) is 4. The lowest BCUT2D eigenvalue weighted by Crippen LogP contribution is -2.39. The zero-order chi connectivity index (χ0) is 18.8. The summed E-state index contributed by atoms with van der Waals surface area (Å²) < 4.78 is 1.73. The molecule has 0 saturated heterocycles. The standard InChI is InChI=1S/C21H23N5O/c1-16(17-7-9-19(10-8-17)26-15-22-14-23-26)24(2)13-21(27)25-12-11-18-5-3-4-6-20(18)25/h3-10,14-16H,11-13H2,1-2H3/t16-/m1/s1. The van der Waals surface area contributed by atoms with Gasteiger partial charge in [0.25, 0.3) is 0 Å². The molecule has 2 aromatic carbocycles. The van der Waals surface area contributed by atoms with Gasteiger partial charge in [0.15, 0.2) is 0 Å². The van der Waals surface area contributed by atoms with E-state index in [1.807, 2.05) is 42.3 Å². The highest BCUT2D eigenvalue weighted by molar-refractivity contribution is 5.96. The van der Waals surface area contributed by atoms with Gasteiger partial charge in [-0.05, 0) is 49.7 Å². The number of amides is 1. The molecule has 0 N–H and O–H groups in total. The molecule has 1 aliphatic rings. The monoisotopic (exact) mass is 361 g/mol. The molecule has 0 saturated carbocycles. The van der Waals surface area contributed by atoms with Gasteiger partial charge in [-0.15, -0.1) is 0 Å². The summed E-state index contributed by atoms with van der Waals surface area (Å²) in [5, 5.41) is 4.14. The van der Waals surface area contributed by atoms with Crippen LogP contribution in [0.2, 0.25) is 0 Å². The second-order valence-corrected chi connectivity index (χ2v) is 6.95. The highest BCUT2D eigenvalue weighted by Crippen LogP contribution is 2.28. The Hall–Kier alpha value is -2.99. The number of aromatic nitrogens is 3. The summed E-state index contributed by atoms with van der Waals surface area (Å²) in [6.07, 6.45) is 4.13. The number of fused-ring (bicyclic) bond motifs is 1. The van der Waals surface area contributed by atoms with E-state index in [2.05, 4.69) is 40.1 Å². The molecular weight excluding hydrogens is 338 g/mol. The number of anilines is 1. The van der Waals surface area contributed by atoms with Crippen molar-refractivity contribution in [3.05, 3.63) is 72.3 Å². The van der Waals surface area contributed by atoms with Crippen molar-refractivity contribution in [3.8, 4) is 5.69 Å². The van der Waals surface area contributed by atoms with Gasteiger partial charge in [-0.3, -0.25) is 9.69 Å². The minimum absolute atomic E-state index is 0.136. The molecule has 1 amide bonds. The quantitative estimate of drug-likeness (QED) is 0.701. The van der Waals surface area contributed by atoms with E-state index in [0.717, 1.165) is 29.9 Å². The van der Waals surface area contributed by atoms with Crippen molar-refractivity contribution in [2.75, 3.05) is 25.0 Å². The normalized spacial score (nSPS) is 14.4. The fraction of sp³-hybridized carbons (Fsp3) is 0.286. The largest absolute Gasteiger partial charge is 0.311 e. The minimum Gasteiger partial charge on any atom is -0.311 e. The Bertz CT molecular complexity index is 920. The van der Waals surface area contributed by atoms with Crippen LogP contribution in [0.1, 0.15) is 24.1 Å². The molecule has 0 spiro atoms. The third kappa shape index (κ3) is 3.48. The van der Waals surface area contributed by atoms with Crippen LogP contribution < -0.4 is 4.90 Å². The number of carbonyl (C=O) groups is 1. The zero-order valence-corrected chi connectivity index (χ0v) is 15.6. The molecule has 1 aliphatic heterocycles. The molecule has 0 bridgehead atoms.